The van der Waals surface area contributed by atoms with Gasteiger partial charge >= 0.3 is 12.1 Å². The van der Waals surface area contributed by atoms with Crippen LogP contribution >= 0.6 is 11.6 Å². The molecule has 9 heteroatoms. The van der Waals surface area contributed by atoms with E-state index in [9.17, 15) is 31.1 Å². The lowest BCUT2D eigenvalue weighted by Gasteiger charge is -2.12. The van der Waals surface area contributed by atoms with Gasteiger partial charge in [-0.3, -0.25) is 0 Å². The van der Waals surface area contributed by atoms with Crippen molar-refractivity contribution in [2.75, 3.05) is 0 Å². The summed E-state index contributed by atoms with van der Waals surface area (Å²) in [6.45, 7) is 2.04. The van der Waals surface area contributed by atoms with Gasteiger partial charge in [0.05, 0.1) is 5.02 Å². The molecule has 0 fully saturated rings. The standard InChI is InChI=1S/C23H15ClF6O2.CH4/c1-2-3-12-4-6-13(7-5-12)14-8-16(24)20(17(25)9-14)22(31)32-15-10-18(26)21(19(27)11-15)23(28,29)30;/h4-11H,2-3H2,1H3;1H4. The summed E-state index contributed by atoms with van der Waals surface area (Å²) in [5.74, 6) is -7.31. The lowest BCUT2D eigenvalue weighted by atomic mass is 10.0. The predicted molar refractivity (Wildman–Crippen MR) is 114 cm³/mol. The third-order valence-electron chi connectivity index (χ3n) is 4.58. The Morgan fingerprint density at radius 1 is 0.909 bits per heavy atom. The van der Waals surface area contributed by atoms with Gasteiger partial charge in [0.25, 0.3) is 0 Å². The minimum atomic E-state index is -5.28. The lowest BCUT2D eigenvalue weighted by Crippen LogP contribution is -2.15. The van der Waals surface area contributed by atoms with E-state index >= 15 is 0 Å². The molecule has 0 unspecified atom stereocenters. The molecule has 3 aromatic carbocycles. The SMILES string of the molecule is C.CCCc1ccc(-c2cc(F)c(C(=O)Oc3cc(F)c(C(F)(F)F)c(F)c3)c(Cl)c2)cc1. The van der Waals surface area contributed by atoms with Crippen LogP contribution in [0, 0.1) is 17.5 Å². The van der Waals surface area contributed by atoms with Crippen LogP contribution in [0.2, 0.25) is 5.02 Å². The normalized spacial score (nSPS) is 11.2. The maximum Gasteiger partial charge on any atom is 0.422 e. The summed E-state index contributed by atoms with van der Waals surface area (Å²) in [4.78, 5) is 12.3. The highest BCUT2D eigenvalue weighted by atomic mass is 35.5. The first kappa shape index (κ1) is 26.3. The van der Waals surface area contributed by atoms with E-state index < -0.39 is 46.5 Å². The monoisotopic (exact) mass is 488 g/mol. The van der Waals surface area contributed by atoms with Crippen LogP contribution in [0.15, 0.2) is 48.5 Å². The summed E-state index contributed by atoms with van der Waals surface area (Å²) in [5, 5.41) is -0.338. The molecule has 0 aliphatic rings. The molecule has 0 aromatic heterocycles. The minimum absolute atomic E-state index is 0. The van der Waals surface area contributed by atoms with Crippen molar-refractivity contribution >= 4 is 17.6 Å². The van der Waals surface area contributed by atoms with Gasteiger partial charge in [-0.15, -0.1) is 0 Å². The first-order valence-electron chi connectivity index (χ1n) is 9.38. The van der Waals surface area contributed by atoms with Crippen molar-refractivity contribution in [1.29, 1.82) is 0 Å². The molecule has 2 nitrogen and oxygen atoms in total. The number of halogens is 7. The Morgan fingerprint density at radius 2 is 1.48 bits per heavy atom. The molecule has 33 heavy (non-hydrogen) atoms. The Morgan fingerprint density at radius 3 is 1.97 bits per heavy atom. The quantitative estimate of drug-likeness (QED) is 0.205. The zero-order valence-corrected chi connectivity index (χ0v) is 17.3. The second kappa shape index (κ2) is 10.3. The molecule has 0 aliphatic heterocycles. The molecule has 0 N–H and O–H groups in total. The van der Waals surface area contributed by atoms with Crippen LogP contribution in [-0.4, -0.2) is 5.97 Å². The fourth-order valence-electron chi connectivity index (χ4n) is 3.13. The zero-order chi connectivity index (χ0) is 23.6. The molecule has 0 saturated carbocycles. The van der Waals surface area contributed by atoms with E-state index in [0.717, 1.165) is 24.5 Å². The van der Waals surface area contributed by atoms with E-state index in [4.69, 9.17) is 11.6 Å². The maximum atomic E-state index is 14.6. The van der Waals surface area contributed by atoms with Crippen LogP contribution in [0.1, 0.15) is 42.3 Å². The topological polar surface area (TPSA) is 26.3 Å². The zero-order valence-electron chi connectivity index (χ0n) is 16.5. The minimum Gasteiger partial charge on any atom is -0.423 e. The van der Waals surface area contributed by atoms with Gasteiger partial charge in [0, 0.05) is 12.1 Å². The molecular formula is C24H19ClF6O2. The van der Waals surface area contributed by atoms with Gasteiger partial charge in [0.15, 0.2) is 0 Å². The van der Waals surface area contributed by atoms with Crippen LogP contribution in [0.4, 0.5) is 26.3 Å². The average molecular weight is 489 g/mol. The summed E-state index contributed by atoms with van der Waals surface area (Å²) < 4.78 is 84.7. The largest absolute Gasteiger partial charge is 0.423 e. The van der Waals surface area contributed by atoms with Gasteiger partial charge in [0.2, 0.25) is 0 Å². The van der Waals surface area contributed by atoms with E-state index in [0.29, 0.717) is 11.1 Å². The summed E-state index contributed by atoms with van der Waals surface area (Å²) in [5.41, 5.74) is -0.746. The molecule has 3 rings (SSSR count). The fourth-order valence-corrected chi connectivity index (χ4v) is 3.41. The molecule has 176 valence electrons. The summed E-state index contributed by atoms with van der Waals surface area (Å²) >= 11 is 6.04. The van der Waals surface area contributed by atoms with Crippen molar-refractivity contribution in [2.24, 2.45) is 0 Å². The highest BCUT2D eigenvalue weighted by molar-refractivity contribution is 6.34. The summed E-state index contributed by atoms with van der Waals surface area (Å²) in [6, 6.07) is 9.99. The van der Waals surface area contributed by atoms with Gasteiger partial charge in [-0.25, -0.2) is 18.0 Å². The second-order valence-electron chi connectivity index (χ2n) is 6.91. The molecule has 0 amide bonds. The Balaban J connectivity index is 0.00000385. The molecule has 0 saturated heterocycles. The average Bonchev–Trinajstić information content (AvgIpc) is 2.66. The van der Waals surface area contributed by atoms with Crippen LogP contribution in [0.25, 0.3) is 11.1 Å². The highest BCUT2D eigenvalue weighted by Gasteiger charge is 2.38. The van der Waals surface area contributed by atoms with Crippen molar-refractivity contribution < 1.29 is 35.9 Å². The van der Waals surface area contributed by atoms with Crippen molar-refractivity contribution in [3.8, 4) is 16.9 Å². The Bertz CT molecular complexity index is 1110. The van der Waals surface area contributed by atoms with E-state index in [1.54, 1.807) is 12.1 Å². The maximum absolute atomic E-state index is 14.6. The number of carbonyl (C=O) groups excluding carboxylic acids is 1. The number of hydrogen-bond acceptors (Lipinski definition) is 2. The molecule has 0 radical (unpaired) electrons. The Labute approximate surface area is 191 Å². The third kappa shape index (κ3) is 5.87. The van der Waals surface area contributed by atoms with E-state index in [1.807, 2.05) is 19.1 Å². The first-order valence-corrected chi connectivity index (χ1v) is 9.75. The first-order chi connectivity index (χ1) is 15.0. The van der Waals surface area contributed by atoms with Crippen molar-refractivity contribution in [1.82, 2.24) is 0 Å². The van der Waals surface area contributed by atoms with E-state index in [1.165, 1.54) is 6.07 Å². The molecule has 0 heterocycles. The molecule has 0 aliphatic carbocycles. The van der Waals surface area contributed by atoms with Crippen LogP contribution < -0.4 is 4.74 Å². The predicted octanol–water partition coefficient (Wildman–Crippen LogP) is 8.25. The highest BCUT2D eigenvalue weighted by Crippen LogP contribution is 2.36. The van der Waals surface area contributed by atoms with Crippen molar-refractivity contribution in [3.05, 3.63) is 87.7 Å². The Hall–Kier alpha value is -3.00. The van der Waals surface area contributed by atoms with Crippen molar-refractivity contribution in [2.45, 2.75) is 33.4 Å². The van der Waals surface area contributed by atoms with Crippen LogP contribution in [0.3, 0.4) is 0 Å². The smallest absolute Gasteiger partial charge is 0.422 e. The van der Waals surface area contributed by atoms with E-state index in [-0.39, 0.29) is 24.6 Å². The fraction of sp³-hybridized carbons (Fsp3) is 0.208. The van der Waals surface area contributed by atoms with Gasteiger partial charge in [0.1, 0.15) is 34.3 Å². The number of ether oxygens (including phenoxy) is 1. The van der Waals surface area contributed by atoms with Crippen LogP contribution in [0.5, 0.6) is 5.75 Å². The molecule has 0 atom stereocenters. The molecule has 0 bridgehead atoms. The third-order valence-corrected chi connectivity index (χ3v) is 4.88. The van der Waals surface area contributed by atoms with Gasteiger partial charge in [-0.2, -0.15) is 13.2 Å². The summed E-state index contributed by atoms with van der Waals surface area (Å²) in [6.07, 6.45) is -3.44. The summed E-state index contributed by atoms with van der Waals surface area (Å²) in [7, 11) is 0. The molecular weight excluding hydrogens is 470 g/mol. The Kier molecular flexibility index (Phi) is 8.19. The van der Waals surface area contributed by atoms with Crippen molar-refractivity contribution in [3.63, 3.8) is 0 Å². The second-order valence-corrected chi connectivity index (χ2v) is 7.32. The number of benzene rings is 3. The number of carbonyl (C=O) groups is 1. The van der Waals surface area contributed by atoms with Gasteiger partial charge in [-0.1, -0.05) is 56.6 Å². The van der Waals surface area contributed by atoms with E-state index in [2.05, 4.69) is 4.74 Å². The number of hydrogen-bond donors (Lipinski definition) is 0. The lowest BCUT2D eigenvalue weighted by molar-refractivity contribution is -0.142. The van der Waals surface area contributed by atoms with Gasteiger partial charge < -0.3 is 4.74 Å². The number of alkyl halides is 3. The molecule has 0 spiro atoms. The number of rotatable bonds is 5. The van der Waals surface area contributed by atoms with Gasteiger partial charge in [-0.05, 0) is 35.2 Å². The van der Waals surface area contributed by atoms with Crippen LogP contribution in [-0.2, 0) is 12.6 Å². The molecule has 3 aromatic rings. The number of aryl methyl sites for hydroxylation is 1. The number of esters is 1.